The zero-order valence-electron chi connectivity index (χ0n) is 14.3. The molecule has 2 heterocycles. The maximum absolute atomic E-state index is 13.0. The van der Waals surface area contributed by atoms with Gasteiger partial charge in [-0.2, -0.15) is 0 Å². The van der Waals surface area contributed by atoms with Gasteiger partial charge in [-0.15, -0.1) is 0 Å². The van der Waals surface area contributed by atoms with Gasteiger partial charge in [-0.25, -0.2) is 4.39 Å². The van der Waals surface area contributed by atoms with Crippen LogP contribution in [0.4, 0.5) is 4.39 Å². The first kappa shape index (κ1) is 17.8. The van der Waals surface area contributed by atoms with Crippen molar-refractivity contribution in [2.75, 3.05) is 32.9 Å². The molecule has 134 valence electrons. The minimum absolute atomic E-state index is 0.0878. The fourth-order valence-corrected chi connectivity index (χ4v) is 2.89. The van der Waals surface area contributed by atoms with Crippen LogP contribution in [-0.2, 0) is 11.3 Å². The highest BCUT2D eigenvalue weighted by Gasteiger charge is 2.33. The topological polar surface area (TPSA) is 54.8 Å². The number of halogens is 1. The van der Waals surface area contributed by atoms with Crippen LogP contribution in [0.15, 0.2) is 42.7 Å². The number of hydrogen-bond donors (Lipinski definition) is 1. The van der Waals surface area contributed by atoms with Crippen molar-refractivity contribution in [3.05, 3.63) is 59.7 Å². The van der Waals surface area contributed by atoms with Crippen LogP contribution in [-0.4, -0.2) is 53.5 Å². The molecular weight excluding hydrogens is 323 g/mol. The van der Waals surface area contributed by atoms with Gasteiger partial charge in [-0.3, -0.25) is 9.88 Å². The number of hydrogen-bond acceptors (Lipinski definition) is 5. The van der Waals surface area contributed by atoms with Crippen LogP contribution in [0.25, 0.3) is 0 Å². The minimum Gasteiger partial charge on any atom is -0.490 e. The standard InChI is InChI=1S/C19H23FN2O3/c1-15-10-21-7-6-16(15)11-22-8-9-24-13-19(23,12-22)14-25-18-4-2-17(20)3-5-18/h2-7,10,23H,8-9,11-14H2,1H3/t19-/m1/s1. The largest absolute Gasteiger partial charge is 0.490 e. The molecule has 1 saturated heterocycles. The molecule has 1 aliphatic heterocycles. The molecule has 1 atom stereocenters. The van der Waals surface area contributed by atoms with Crippen molar-refractivity contribution in [1.82, 2.24) is 9.88 Å². The lowest BCUT2D eigenvalue weighted by Crippen LogP contribution is -2.48. The zero-order valence-corrected chi connectivity index (χ0v) is 14.3. The summed E-state index contributed by atoms with van der Waals surface area (Å²) in [6.07, 6.45) is 3.62. The number of pyridine rings is 1. The highest BCUT2D eigenvalue weighted by atomic mass is 19.1. The Morgan fingerprint density at radius 2 is 2.12 bits per heavy atom. The molecule has 0 radical (unpaired) electrons. The van der Waals surface area contributed by atoms with Crippen LogP contribution >= 0.6 is 0 Å². The van der Waals surface area contributed by atoms with Crippen molar-refractivity contribution in [3.8, 4) is 5.75 Å². The summed E-state index contributed by atoms with van der Waals surface area (Å²) < 4.78 is 24.2. The third kappa shape index (κ3) is 4.98. The SMILES string of the molecule is Cc1cnccc1CN1CCOC[C@@](O)(COc2ccc(F)cc2)C1. The summed E-state index contributed by atoms with van der Waals surface area (Å²) in [5.74, 6) is 0.207. The Balaban J connectivity index is 1.63. The van der Waals surface area contributed by atoms with Gasteiger partial charge in [0.2, 0.25) is 0 Å². The average Bonchev–Trinajstić information content (AvgIpc) is 2.78. The lowest BCUT2D eigenvalue weighted by Gasteiger charge is -2.30. The van der Waals surface area contributed by atoms with Gasteiger partial charge >= 0.3 is 0 Å². The third-order valence-electron chi connectivity index (χ3n) is 4.29. The Labute approximate surface area is 147 Å². The van der Waals surface area contributed by atoms with Gasteiger partial charge in [-0.05, 0) is 48.4 Å². The van der Waals surface area contributed by atoms with E-state index in [1.54, 1.807) is 18.3 Å². The van der Waals surface area contributed by atoms with Crippen LogP contribution in [0.3, 0.4) is 0 Å². The monoisotopic (exact) mass is 346 g/mol. The number of rotatable bonds is 5. The first-order valence-electron chi connectivity index (χ1n) is 8.34. The first-order chi connectivity index (χ1) is 12.0. The lowest BCUT2D eigenvalue weighted by molar-refractivity contribution is -0.0646. The molecule has 5 nitrogen and oxygen atoms in total. The fraction of sp³-hybridized carbons (Fsp3) is 0.421. The average molecular weight is 346 g/mol. The van der Waals surface area contributed by atoms with Gasteiger partial charge in [0.1, 0.15) is 23.8 Å². The number of aliphatic hydroxyl groups is 1. The molecule has 0 bridgehead atoms. The molecule has 1 N–H and O–H groups in total. The molecule has 1 aromatic carbocycles. The van der Waals surface area contributed by atoms with Crippen LogP contribution in [0.5, 0.6) is 5.75 Å². The molecule has 3 rings (SSSR count). The molecule has 1 fully saturated rings. The Bertz CT molecular complexity index is 695. The zero-order chi connectivity index (χ0) is 17.7. The first-order valence-corrected chi connectivity index (χ1v) is 8.34. The quantitative estimate of drug-likeness (QED) is 0.899. The molecule has 6 heteroatoms. The fourth-order valence-electron chi connectivity index (χ4n) is 2.89. The lowest BCUT2D eigenvalue weighted by atomic mass is 10.1. The van der Waals surface area contributed by atoms with E-state index < -0.39 is 5.60 Å². The molecule has 2 aromatic rings. The molecule has 0 spiro atoms. The van der Waals surface area contributed by atoms with Gasteiger partial charge in [0.05, 0.1) is 13.2 Å². The molecule has 1 aliphatic rings. The van der Waals surface area contributed by atoms with Crippen LogP contribution in [0, 0.1) is 12.7 Å². The van der Waals surface area contributed by atoms with Crippen molar-refractivity contribution in [2.45, 2.75) is 19.1 Å². The Hall–Kier alpha value is -2.02. The van der Waals surface area contributed by atoms with Crippen molar-refractivity contribution < 1.29 is 19.0 Å². The van der Waals surface area contributed by atoms with E-state index in [9.17, 15) is 9.50 Å². The summed E-state index contributed by atoms with van der Waals surface area (Å²) in [6, 6.07) is 7.76. The third-order valence-corrected chi connectivity index (χ3v) is 4.29. The summed E-state index contributed by atoms with van der Waals surface area (Å²) in [4.78, 5) is 6.27. The van der Waals surface area contributed by atoms with Gasteiger partial charge in [0, 0.05) is 32.0 Å². The van der Waals surface area contributed by atoms with E-state index in [1.165, 1.54) is 17.7 Å². The summed E-state index contributed by atoms with van der Waals surface area (Å²) >= 11 is 0. The van der Waals surface area contributed by atoms with E-state index in [0.717, 1.165) is 18.7 Å². The van der Waals surface area contributed by atoms with Crippen molar-refractivity contribution >= 4 is 0 Å². The Morgan fingerprint density at radius 3 is 2.88 bits per heavy atom. The minimum atomic E-state index is -1.12. The highest BCUT2D eigenvalue weighted by molar-refractivity contribution is 5.23. The van der Waals surface area contributed by atoms with Crippen LogP contribution in [0.2, 0.25) is 0 Å². The van der Waals surface area contributed by atoms with Crippen molar-refractivity contribution in [1.29, 1.82) is 0 Å². The highest BCUT2D eigenvalue weighted by Crippen LogP contribution is 2.19. The molecule has 0 saturated carbocycles. The van der Waals surface area contributed by atoms with E-state index in [2.05, 4.69) is 9.88 Å². The van der Waals surface area contributed by atoms with Gasteiger partial charge in [-0.1, -0.05) is 0 Å². The van der Waals surface area contributed by atoms with Gasteiger partial charge in [0.15, 0.2) is 0 Å². The number of ether oxygens (including phenoxy) is 2. The van der Waals surface area contributed by atoms with Crippen molar-refractivity contribution in [3.63, 3.8) is 0 Å². The summed E-state index contributed by atoms with van der Waals surface area (Å²) in [7, 11) is 0. The molecule has 0 aliphatic carbocycles. The molecule has 0 amide bonds. The molecular formula is C19H23FN2O3. The predicted octanol–water partition coefficient (Wildman–Crippen LogP) is 2.17. The van der Waals surface area contributed by atoms with E-state index in [1.807, 2.05) is 19.2 Å². The van der Waals surface area contributed by atoms with E-state index >= 15 is 0 Å². The van der Waals surface area contributed by atoms with Crippen LogP contribution in [0.1, 0.15) is 11.1 Å². The predicted molar refractivity (Wildman–Crippen MR) is 91.9 cm³/mol. The molecule has 25 heavy (non-hydrogen) atoms. The number of aromatic nitrogens is 1. The summed E-state index contributed by atoms with van der Waals surface area (Å²) in [5.41, 5.74) is 1.18. The number of β-amino-alcohol motifs (C(OH)–C–C–N with tert-alkyl or cyclic N) is 1. The molecule has 1 aromatic heterocycles. The van der Waals surface area contributed by atoms with Gasteiger partial charge in [0.25, 0.3) is 0 Å². The smallest absolute Gasteiger partial charge is 0.134 e. The normalized spacial score (nSPS) is 21.7. The van der Waals surface area contributed by atoms with Crippen molar-refractivity contribution in [2.24, 2.45) is 0 Å². The maximum Gasteiger partial charge on any atom is 0.134 e. The Kier molecular flexibility index (Phi) is 5.63. The van der Waals surface area contributed by atoms with E-state index in [-0.39, 0.29) is 19.0 Å². The van der Waals surface area contributed by atoms with E-state index in [4.69, 9.17) is 9.47 Å². The summed E-state index contributed by atoms with van der Waals surface area (Å²) in [5, 5.41) is 10.9. The van der Waals surface area contributed by atoms with E-state index in [0.29, 0.717) is 18.9 Å². The summed E-state index contributed by atoms with van der Waals surface area (Å²) in [6.45, 7) is 4.78. The maximum atomic E-state index is 13.0. The second-order valence-corrected chi connectivity index (χ2v) is 6.53. The number of benzene rings is 1. The second kappa shape index (κ2) is 7.91. The number of nitrogens with zero attached hydrogens (tertiary/aromatic N) is 2. The van der Waals surface area contributed by atoms with Crippen LogP contribution < -0.4 is 4.74 Å². The van der Waals surface area contributed by atoms with Gasteiger partial charge < -0.3 is 14.6 Å². The Morgan fingerprint density at radius 1 is 1.32 bits per heavy atom. The molecule has 0 unspecified atom stereocenters. The second-order valence-electron chi connectivity index (χ2n) is 6.53. The number of aryl methyl sites for hydroxylation is 1.